The van der Waals surface area contributed by atoms with E-state index in [0.717, 1.165) is 11.1 Å². The highest BCUT2D eigenvalue weighted by Gasteiger charge is 2.17. The monoisotopic (exact) mass is 305 g/mol. The van der Waals surface area contributed by atoms with Crippen molar-refractivity contribution in [2.75, 3.05) is 5.73 Å². The third-order valence-corrected chi connectivity index (χ3v) is 3.62. The fourth-order valence-corrected chi connectivity index (χ4v) is 2.24. The Balaban J connectivity index is 2.18. The first kappa shape index (κ1) is 13.0. The fourth-order valence-electron chi connectivity index (χ4n) is 1.94. The van der Waals surface area contributed by atoms with Crippen LogP contribution in [0.5, 0.6) is 0 Å². The maximum absolute atomic E-state index is 6.04. The van der Waals surface area contributed by atoms with Gasteiger partial charge in [-0.2, -0.15) is 0 Å². The zero-order valence-corrected chi connectivity index (χ0v) is 11.7. The van der Waals surface area contributed by atoms with E-state index in [0.29, 0.717) is 21.3 Å². The number of nitrogens with zero attached hydrogens (tertiary/aromatic N) is 2. The number of benzene rings is 1. The van der Waals surface area contributed by atoms with Crippen LogP contribution in [-0.4, -0.2) is 10.1 Å². The minimum absolute atomic E-state index is 0.247. The van der Waals surface area contributed by atoms with E-state index in [4.69, 9.17) is 33.5 Å². The summed E-state index contributed by atoms with van der Waals surface area (Å²) in [4.78, 5) is 3.98. The van der Waals surface area contributed by atoms with Crippen LogP contribution in [0.1, 0.15) is 0 Å². The van der Waals surface area contributed by atoms with Crippen molar-refractivity contribution in [2.45, 2.75) is 0 Å². The van der Waals surface area contributed by atoms with Gasteiger partial charge in [0.15, 0.2) is 0 Å². The first-order valence-corrected chi connectivity index (χ1v) is 6.53. The molecule has 0 aliphatic rings. The molecule has 0 radical (unpaired) electrons. The zero-order valence-electron chi connectivity index (χ0n) is 10.2. The standard InChI is InChI=1S/C14H9Cl2N3O/c15-10-2-1-9(7-11(10)16)13-12(14(17)20-19-13)8-3-5-18-6-4-8/h1-7H,17H2. The summed E-state index contributed by atoms with van der Waals surface area (Å²) in [6.07, 6.45) is 3.36. The predicted molar refractivity (Wildman–Crippen MR) is 79.6 cm³/mol. The van der Waals surface area contributed by atoms with Crippen molar-refractivity contribution in [3.63, 3.8) is 0 Å². The van der Waals surface area contributed by atoms with E-state index < -0.39 is 0 Å². The lowest BCUT2D eigenvalue weighted by atomic mass is 10.0. The summed E-state index contributed by atoms with van der Waals surface area (Å²) in [7, 11) is 0. The smallest absolute Gasteiger partial charge is 0.230 e. The van der Waals surface area contributed by atoms with E-state index in [1.165, 1.54) is 0 Å². The van der Waals surface area contributed by atoms with Crippen molar-refractivity contribution in [2.24, 2.45) is 0 Å². The van der Waals surface area contributed by atoms with E-state index in [2.05, 4.69) is 10.1 Å². The van der Waals surface area contributed by atoms with Crippen molar-refractivity contribution in [1.82, 2.24) is 10.1 Å². The summed E-state index contributed by atoms with van der Waals surface area (Å²) in [6, 6.07) is 8.93. The first-order chi connectivity index (χ1) is 9.66. The number of hydrogen-bond acceptors (Lipinski definition) is 4. The Morgan fingerprint density at radius 3 is 2.40 bits per heavy atom. The molecule has 0 spiro atoms. The Hall–Kier alpha value is -2.04. The third kappa shape index (κ3) is 2.24. The summed E-state index contributed by atoms with van der Waals surface area (Å²) in [5.74, 6) is 0.247. The number of nitrogen functional groups attached to an aromatic ring is 1. The normalized spacial score (nSPS) is 10.7. The molecule has 3 rings (SSSR count). The van der Waals surface area contributed by atoms with Gasteiger partial charge >= 0.3 is 0 Å². The Kier molecular flexibility index (Phi) is 3.34. The molecule has 6 heteroatoms. The minimum atomic E-state index is 0.247. The van der Waals surface area contributed by atoms with Gasteiger partial charge < -0.3 is 10.3 Å². The zero-order chi connectivity index (χ0) is 14.1. The lowest BCUT2D eigenvalue weighted by Gasteiger charge is -2.03. The molecule has 0 saturated heterocycles. The van der Waals surface area contributed by atoms with E-state index in [9.17, 15) is 0 Å². The largest absolute Gasteiger partial charge is 0.367 e. The lowest BCUT2D eigenvalue weighted by Crippen LogP contribution is -1.88. The number of hydrogen-bond donors (Lipinski definition) is 1. The van der Waals surface area contributed by atoms with Crippen LogP contribution >= 0.6 is 23.2 Å². The Morgan fingerprint density at radius 1 is 0.950 bits per heavy atom. The minimum Gasteiger partial charge on any atom is -0.367 e. The molecule has 0 unspecified atom stereocenters. The van der Waals surface area contributed by atoms with Gasteiger partial charge in [0, 0.05) is 18.0 Å². The van der Waals surface area contributed by atoms with Gasteiger partial charge in [-0.3, -0.25) is 4.98 Å². The molecule has 0 amide bonds. The highest BCUT2D eigenvalue weighted by Crippen LogP contribution is 2.37. The van der Waals surface area contributed by atoms with Gasteiger partial charge in [-0.1, -0.05) is 34.4 Å². The van der Waals surface area contributed by atoms with Crippen molar-refractivity contribution < 1.29 is 4.52 Å². The van der Waals surface area contributed by atoms with Crippen LogP contribution in [0.25, 0.3) is 22.4 Å². The maximum atomic E-state index is 6.04. The van der Waals surface area contributed by atoms with Gasteiger partial charge in [0.1, 0.15) is 5.69 Å². The van der Waals surface area contributed by atoms with Crippen LogP contribution in [0, 0.1) is 0 Å². The average Bonchev–Trinajstić information content (AvgIpc) is 2.85. The van der Waals surface area contributed by atoms with Crippen molar-refractivity contribution in [3.05, 3.63) is 52.8 Å². The fraction of sp³-hybridized carbons (Fsp3) is 0. The van der Waals surface area contributed by atoms with Gasteiger partial charge in [-0.25, -0.2) is 0 Å². The number of anilines is 1. The van der Waals surface area contributed by atoms with Crippen LogP contribution in [0.2, 0.25) is 10.0 Å². The number of pyridine rings is 1. The molecule has 0 saturated carbocycles. The number of halogens is 2. The Labute approximate surface area is 125 Å². The van der Waals surface area contributed by atoms with Crippen molar-refractivity contribution in [3.8, 4) is 22.4 Å². The van der Waals surface area contributed by atoms with Gasteiger partial charge in [0.05, 0.1) is 15.6 Å². The third-order valence-electron chi connectivity index (χ3n) is 2.88. The first-order valence-electron chi connectivity index (χ1n) is 5.78. The number of aromatic nitrogens is 2. The second kappa shape index (κ2) is 5.15. The average molecular weight is 306 g/mol. The van der Waals surface area contributed by atoms with E-state index in [-0.39, 0.29) is 5.88 Å². The van der Waals surface area contributed by atoms with Crippen LogP contribution < -0.4 is 5.73 Å². The van der Waals surface area contributed by atoms with Crippen LogP contribution in [0.3, 0.4) is 0 Å². The van der Waals surface area contributed by atoms with Crippen LogP contribution in [0.4, 0.5) is 5.88 Å². The SMILES string of the molecule is Nc1onc(-c2ccc(Cl)c(Cl)c2)c1-c1ccncc1. The highest BCUT2D eigenvalue weighted by atomic mass is 35.5. The number of nitrogens with two attached hydrogens (primary N) is 1. The topological polar surface area (TPSA) is 64.9 Å². The van der Waals surface area contributed by atoms with E-state index in [1.807, 2.05) is 18.2 Å². The quantitative estimate of drug-likeness (QED) is 0.767. The summed E-state index contributed by atoms with van der Waals surface area (Å²) >= 11 is 12.0. The summed E-state index contributed by atoms with van der Waals surface area (Å²) < 4.78 is 5.11. The summed E-state index contributed by atoms with van der Waals surface area (Å²) in [5, 5.41) is 4.95. The molecule has 2 heterocycles. The molecule has 2 N–H and O–H groups in total. The molecule has 1 aromatic carbocycles. The molecule has 0 aliphatic carbocycles. The summed E-state index contributed by atoms with van der Waals surface area (Å²) in [6.45, 7) is 0. The van der Waals surface area contributed by atoms with Gasteiger partial charge in [-0.05, 0) is 29.8 Å². The maximum Gasteiger partial charge on any atom is 0.230 e. The van der Waals surface area contributed by atoms with Crippen molar-refractivity contribution in [1.29, 1.82) is 0 Å². The highest BCUT2D eigenvalue weighted by molar-refractivity contribution is 6.42. The lowest BCUT2D eigenvalue weighted by molar-refractivity contribution is 0.439. The summed E-state index contributed by atoms with van der Waals surface area (Å²) in [5.41, 5.74) is 8.86. The molecule has 0 atom stereocenters. The second-order valence-electron chi connectivity index (χ2n) is 4.14. The van der Waals surface area contributed by atoms with Crippen LogP contribution in [-0.2, 0) is 0 Å². The van der Waals surface area contributed by atoms with E-state index >= 15 is 0 Å². The van der Waals surface area contributed by atoms with E-state index in [1.54, 1.807) is 24.5 Å². The molecule has 0 fully saturated rings. The molecular formula is C14H9Cl2N3O. The molecule has 0 aliphatic heterocycles. The predicted octanol–water partition coefficient (Wildman–Crippen LogP) is 4.29. The van der Waals surface area contributed by atoms with Crippen molar-refractivity contribution >= 4 is 29.1 Å². The number of rotatable bonds is 2. The van der Waals surface area contributed by atoms with Gasteiger partial charge in [-0.15, -0.1) is 0 Å². The molecular weight excluding hydrogens is 297 g/mol. The van der Waals surface area contributed by atoms with Gasteiger partial charge in [0.2, 0.25) is 5.88 Å². The van der Waals surface area contributed by atoms with Crippen LogP contribution in [0.15, 0.2) is 47.2 Å². The molecule has 4 nitrogen and oxygen atoms in total. The molecule has 20 heavy (non-hydrogen) atoms. The Morgan fingerprint density at radius 2 is 1.70 bits per heavy atom. The molecule has 3 aromatic rings. The molecule has 0 bridgehead atoms. The second-order valence-corrected chi connectivity index (χ2v) is 4.95. The molecule has 2 aromatic heterocycles. The Bertz CT molecular complexity index is 756. The van der Waals surface area contributed by atoms with Gasteiger partial charge in [0.25, 0.3) is 0 Å². The molecule has 100 valence electrons.